The van der Waals surface area contributed by atoms with Gasteiger partial charge in [0.05, 0.1) is 26.0 Å². The molecule has 5 nitrogen and oxygen atoms in total. The average Bonchev–Trinajstić information content (AvgIpc) is 3.01. The Bertz CT molecular complexity index is 492. The van der Waals surface area contributed by atoms with Crippen LogP contribution in [-0.2, 0) is 9.57 Å². The first-order valence-corrected chi connectivity index (χ1v) is 5.93. The standard InChI is InChI=1S/C13H15NO4/c1-16-12-6-9(2-3-11(12)15)10-7-13(18-14-10)4-5-17-8-13/h2-3,6,15H,4-5,7-8H2,1H3/t13-/m0/s1. The van der Waals surface area contributed by atoms with Crippen LogP contribution in [0.25, 0.3) is 0 Å². The van der Waals surface area contributed by atoms with Crippen LogP contribution < -0.4 is 4.74 Å². The van der Waals surface area contributed by atoms with Crippen molar-refractivity contribution in [3.05, 3.63) is 23.8 Å². The van der Waals surface area contributed by atoms with Crippen molar-refractivity contribution in [2.24, 2.45) is 5.16 Å². The summed E-state index contributed by atoms with van der Waals surface area (Å²) in [6, 6.07) is 5.19. The Morgan fingerprint density at radius 1 is 1.44 bits per heavy atom. The first kappa shape index (κ1) is 11.3. The van der Waals surface area contributed by atoms with E-state index in [-0.39, 0.29) is 11.4 Å². The molecule has 0 bridgehead atoms. The van der Waals surface area contributed by atoms with Crippen molar-refractivity contribution in [3.63, 3.8) is 0 Å². The first-order chi connectivity index (χ1) is 8.72. The van der Waals surface area contributed by atoms with Gasteiger partial charge in [0.1, 0.15) is 0 Å². The van der Waals surface area contributed by atoms with Crippen molar-refractivity contribution in [1.29, 1.82) is 0 Å². The number of phenolic OH excluding ortho intramolecular Hbond substituents is 1. The van der Waals surface area contributed by atoms with Crippen molar-refractivity contribution in [1.82, 2.24) is 0 Å². The highest BCUT2D eigenvalue weighted by Crippen LogP contribution is 2.35. The van der Waals surface area contributed by atoms with Gasteiger partial charge in [0.25, 0.3) is 0 Å². The predicted molar refractivity (Wildman–Crippen MR) is 65.1 cm³/mol. The maximum Gasteiger partial charge on any atom is 0.168 e. The molecule has 0 unspecified atom stereocenters. The van der Waals surface area contributed by atoms with Gasteiger partial charge in [-0.1, -0.05) is 5.16 Å². The zero-order chi connectivity index (χ0) is 12.6. The van der Waals surface area contributed by atoms with Crippen LogP contribution in [0.15, 0.2) is 23.4 Å². The number of ether oxygens (including phenoxy) is 2. The van der Waals surface area contributed by atoms with Gasteiger partial charge in [-0.2, -0.15) is 0 Å². The lowest BCUT2D eigenvalue weighted by atomic mass is 9.93. The maximum atomic E-state index is 9.57. The van der Waals surface area contributed by atoms with Gasteiger partial charge in [0, 0.05) is 18.4 Å². The second-order valence-electron chi connectivity index (χ2n) is 4.68. The fourth-order valence-corrected chi connectivity index (χ4v) is 2.33. The largest absolute Gasteiger partial charge is 0.504 e. The summed E-state index contributed by atoms with van der Waals surface area (Å²) in [6.07, 6.45) is 1.61. The molecule has 1 atom stereocenters. The topological polar surface area (TPSA) is 60.3 Å². The average molecular weight is 249 g/mol. The number of hydrogen-bond acceptors (Lipinski definition) is 5. The molecule has 2 aliphatic rings. The summed E-state index contributed by atoms with van der Waals surface area (Å²) in [5.74, 6) is 0.568. The minimum atomic E-state index is -0.277. The lowest BCUT2D eigenvalue weighted by molar-refractivity contribution is -0.0237. The van der Waals surface area contributed by atoms with Crippen molar-refractivity contribution in [2.75, 3.05) is 20.3 Å². The zero-order valence-corrected chi connectivity index (χ0v) is 10.2. The van der Waals surface area contributed by atoms with Gasteiger partial charge >= 0.3 is 0 Å². The summed E-state index contributed by atoms with van der Waals surface area (Å²) in [5.41, 5.74) is 1.51. The van der Waals surface area contributed by atoms with Crippen LogP contribution in [-0.4, -0.2) is 36.7 Å². The van der Waals surface area contributed by atoms with Crippen LogP contribution in [0.3, 0.4) is 0 Å². The Kier molecular flexibility index (Phi) is 2.63. The van der Waals surface area contributed by atoms with Crippen LogP contribution in [0.2, 0.25) is 0 Å². The third kappa shape index (κ3) is 1.80. The fraction of sp³-hybridized carbons (Fsp3) is 0.462. The molecule has 18 heavy (non-hydrogen) atoms. The van der Waals surface area contributed by atoms with Gasteiger partial charge in [0.15, 0.2) is 17.1 Å². The minimum absolute atomic E-state index is 0.125. The van der Waals surface area contributed by atoms with E-state index in [9.17, 15) is 5.11 Å². The summed E-state index contributed by atoms with van der Waals surface area (Å²) < 4.78 is 10.5. The van der Waals surface area contributed by atoms with E-state index in [0.29, 0.717) is 12.4 Å². The van der Waals surface area contributed by atoms with Gasteiger partial charge < -0.3 is 19.4 Å². The van der Waals surface area contributed by atoms with Crippen molar-refractivity contribution in [3.8, 4) is 11.5 Å². The van der Waals surface area contributed by atoms with Gasteiger partial charge in [-0.05, 0) is 18.2 Å². The highest BCUT2D eigenvalue weighted by Gasteiger charge is 2.43. The number of oxime groups is 1. The molecule has 0 aromatic heterocycles. The van der Waals surface area contributed by atoms with Gasteiger partial charge in [-0.15, -0.1) is 0 Å². The second-order valence-corrected chi connectivity index (χ2v) is 4.68. The minimum Gasteiger partial charge on any atom is -0.504 e. The van der Waals surface area contributed by atoms with Crippen LogP contribution >= 0.6 is 0 Å². The highest BCUT2D eigenvalue weighted by atomic mass is 16.7. The lowest BCUT2D eigenvalue weighted by Gasteiger charge is -2.17. The number of nitrogens with zero attached hydrogens (tertiary/aromatic N) is 1. The third-order valence-electron chi connectivity index (χ3n) is 3.42. The van der Waals surface area contributed by atoms with Crippen LogP contribution in [0, 0.1) is 0 Å². The van der Waals surface area contributed by atoms with E-state index >= 15 is 0 Å². The molecule has 0 saturated carbocycles. The summed E-state index contributed by atoms with van der Waals surface area (Å²) in [5, 5.41) is 13.7. The number of aromatic hydroxyl groups is 1. The Balaban J connectivity index is 1.84. The molecule has 1 aromatic carbocycles. The van der Waals surface area contributed by atoms with Gasteiger partial charge in [0.2, 0.25) is 0 Å². The molecule has 0 amide bonds. The van der Waals surface area contributed by atoms with Gasteiger partial charge in [-0.3, -0.25) is 0 Å². The summed E-state index contributed by atoms with van der Waals surface area (Å²) in [7, 11) is 1.53. The number of benzene rings is 1. The normalized spacial score (nSPS) is 26.2. The molecule has 0 radical (unpaired) electrons. The van der Waals surface area contributed by atoms with Crippen LogP contribution in [0.4, 0.5) is 0 Å². The predicted octanol–water partition coefficient (Wildman–Crippen LogP) is 1.68. The summed E-state index contributed by atoms with van der Waals surface area (Å²) >= 11 is 0. The van der Waals surface area contributed by atoms with E-state index in [4.69, 9.17) is 14.3 Å². The van der Waals surface area contributed by atoms with Gasteiger partial charge in [-0.25, -0.2) is 0 Å². The van der Waals surface area contributed by atoms with Crippen molar-refractivity contribution >= 4 is 5.71 Å². The Hall–Kier alpha value is -1.75. The maximum absolute atomic E-state index is 9.57. The second kappa shape index (κ2) is 4.17. The molecule has 1 spiro atoms. The van der Waals surface area contributed by atoms with Crippen molar-refractivity contribution < 1.29 is 19.4 Å². The summed E-state index contributed by atoms with van der Waals surface area (Å²) in [6.45, 7) is 1.32. The smallest absolute Gasteiger partial charge is 0.168 e. The van der Waals surface area contributed by atoms with E-state index in [1.807, 2.05) is 6.07 Å². The third-order valence-corrected chi connectivity index (χ3v) is 3.42. The number of rotatable bonds is 2. The van der Waals surface area contributed by atoms with Crippen LogP contribution in [0.5, 0.6) is 11.5 Å². The molecule has 2 aliphatic heterocycles. The molecule has 1 fully saturated rings. The van der Waals surface area contributed by atoms with Crippen LogP contribution in [0.1, 0.15) is 18.4 Å². The Morgan fingerprint density at radius 3 is 3.06 bits per heavy atom. The molecule has 1 aromatic rings. The molecule has 5 heteroatoms. The summed E-state index contributed by atoms with van der Waals surface area (Å²) in [4.78, 5) is 5.53. The number of methoxy groups -OCH3 is 1. The number of phenols is 1. The first-order valence-electron chi connectivity index (χ1n) is 5.93. The SMILES string of the molecule is COc1cc(C2=NO[C@@]3(CCOC3)C2)ccc1O. The number of hydrogen-bond donors (Lipinski definition) is 1. The lowest BCUT2D eigenvalue weighted by Crippen LogP contribution is -2.29. The monoisotopic (exact) mass is 249 g/mol. The van der Waals surface area contributed by atoms with E-state index in [1.165, 1.54) is 7.11 Å². The molecular weight excluding hydrogens is 234 g/mol. The van der Waals surface area contributed by atoms with Crippen molar-refractivity contribution in [2.45, 2.75) is 18.4 Å². The molecule has 1 saturated heterocycles. The molecule has 1 N–H and O–H groups in total. The highest BCUT2D eigenvalue weighted by molar-refractivity contribution is 6.02. The molecule has 96 valence electrons. The quantitative estimate of drug-likeness (QED) is 0.866. The molecular formula is C13H15NO4. The van der Waals surface area contributed by atoms with E-state index in [1.54, 1.807) is 12.1 Å². The molecule has 2 heterocycles. The van der Waals surface area contributed by atoms with E-state index < -0.39 is 0 Å². The Morgan fingerprint density at radius 2 is 2.33 bits per heavy atom. The molecule has 3 rings (SSSR count). The Labute approximate surface area is 105 Å². The zero-order valence-electron chi connectivity index (χ0n) is 10.2. The molecule has 0 aliphatic carbocycles. The van der Waals surface area contributed by atoms with E-state index in [2.05, 4.69) is 5.16 Å². The van der Waals surface area contributed by atoms with E-state index in [0.717, 1.165) is 30.7 Å². The fourth-order valence-electron chi connectivity index (χ4n) is 2.33.